The van der Waals surface area contributed by atoms with E-state index in [0.717, 1.165) is 10.4 Å². The van der Waals surface area contributed by atoms with Gasteiger partial charge in [-0.3, -0.25) is 0 Å². The van der Waals surface area contributed by atoms with E-state index in [1.807, 2.05) is 17.5 Å². The molecule has 6 nitrogen and oxygen atoms in total. The highest BCUT2D eigenvalue weighted by Crippen LogP contribution is 2.35. The molecule has 1 aromatic heterocycles. The Bertz CT molecular complexity index is 797. The average molecular weight is 392 g/mol. The summed E-state index contributed by atoms with van der Waals surface area (Å²) in [5, 5.41) is 1.94. The normalized spacial score (nSPS) is 11.6. The van der Waals surface area contributed by atoms with Crippen molar-refractivity contribution in [2.75, 3.05) is 0 Å². The van der Waals surface area contributed by atoms with Crippen LogP contribution in [0.25, 0.3) is 10.4 Å². The molecular weight excluding hydrogens is 368 g/mol. The van der Waals surface area contributed by atoms with Gasteiger partial charge in [0.15, 0.2) is 11.5 Å². The molecule has 0 aliphatic rings. The SMILES string of the molecule is CC(C)(C)OC(=O)Oc1ccc(-c2cccs2)cc1OC(=O)OC(C)(C)C. The third kappa shape index (κ3) is 6.94. The van der Waals surface area contributed by atoms with Gasteiger partial charge in [-0.2, -0.15) is 0 Å². The van der Waals surface area contributed by atoms with Crippen molar-refractivity contribution >= 4 is 23.6 Å². The highest BCUT2D eigenvalue weighted by atomic mass is 32.1. The molecule has 0 saturated carbocycles. The Morgan fingerprint density at radius 3 is 1.85 bits per heavy atom. The van der Waals surface area contributed by atoms with Gasteiger partial charge < -0.3 is 18.9 Å². The Hall–Kier alpha value is -2.54. The van der Waals surface area contributed by atoms with Crippen LogP contribution in [0.3, 0.4) is 0 Å². The number of benzene rings is 1. The molecule has 0 bridgehead atoms. The van der Waals surface area contributed by atoms with Gasteiger partial charge in [0, 0.05) is 4.88 Å². The van der Waals surface area contributed by atoms with Gasteiger partial charge in [0.2, 0.25) is 0 Å². The van der Waals surface area contributed by atoms with Crippen LogP contribution in [0.15, 0.2) is 35.7 Å². The van der Waals surface area contributed by atoms with Crippen molar-refractivity contribution in [3.8, 4) is 21.9 Å². The molecule has 27 heavy (non-hydrogen) atoms. The van der Waals surface area contributed by atoms with E-state index >= 15 is 0 Å². The number of hydrogen-bond donors (Lipinski definition) is 0. The number of hydrogen-bond acceptors (Lipinski definition) is 7. The van der Waals surface area contributed by atoms with E-state index in [-0.39, 0.29) is 11.5 Å². The van der Waals surface area contributed by atoms with Crippen LogP contribution in [0.5, 0.6) is 11.5 Å². The quantitative estimate of drug-likeness (QED) is 0.468. The van der Waals surface area contributed by atoms with E-state index in [2.05, 4.69) is 0 Å². The molecule has 0 aliphatic carbocycles. The lowest BCUT2D eigenvalue weighted by Crippen LogP contribution is -2.27. The van der Waals surface area contributed by atoms with Gasteiger partial charge in [0.05, 0.1) is 0 Å². The zero-order valence-electron chi connectivity index (χ0n) is 16.3. The first-order valence-corrected chi connectivity index (χ1v) is 9.30. The van der Waals surface area contributed by atoms with Crippen molar-refractivity contribution in [1.82, 2.24) is 0 Å². The fraction of sp³-hybridized carbons (Fsp3) is 0.400. The van der Waals surface area contributed by atoms with Crippen LogP contribution < -0.4 is 9.47 Å². The zero-order chi connectivity index (χ0) is 20.2. The Labute approximate surface area is 163 Å². The molecule has 0 amide bonds. The van der Waals surface area contributed by atoms with Crippen molar-refractivity contribution in [2.24, 2.45) is 0 Å². The summed E-state index contributed by atoms with van der Waals surface area (Å²) in [6.07, 6.45) is -1.78. The predicted molar refractivity (Wildman–Crippen MR) is 103 cm³/mol. The standard InChI is InChI=1S/C20H24O6S/c1-19(2,3)25-17(21)23-14-10-9-13(16-8-7-11-27-16)12-15(14)24-18(22)26-20(4,5)6/h7-12H,1-6H3. The third-order valence-corrected chi connectivity index (χ3v) is 3.83. The smallest absolute Gasteiger partial charge is 0.428 e. The maximum atomic E-state index is 12.1. The molecule has 1 aromatic carbocycles. The number of ether oxygens (including phenoxy) is 4. The summed E-state index contributed by atoms with van der Waals surface area (Å²) in [4.78, 5) is 25.1. The molecule has 0 unspecified atom stereocenters. The molecule has 1 heterocycles. The maximum absolute atomic E-state index is 12.1. The van der Waals surface area contributed by atoms with Crippen molar-refractivity contribution in [3.63, 3.8) is 0 Å². The minimum Gasteiger partial charge on any atom is -0.428 e. The average Bonchev–Trinajstić information content (AvgIpc) is 2.99. The fourth-order valence-corrected chi connectivity index (χ4v) is 2.71. The van der Waals surface area contributed by atoms with E-state index in [9.17, 15) is 9.59 Å². The van der Waals surface area contributed by atoms with Crippen LogP contribution in [0.2, 0.25) is 0 Å². The van der Waals surface area contributed by atoms with Crippen LogP contribution >= 0.6 is 11.3 Å². The molecule has 0 N–H and O–H groups in total. The summed E-state index contributed by atoms with van der Waals surface area (Å²) in [5.41, 5.74) is -0.602. The van der Waals surface area contributed by atoms with Gasteiger partial charge in [0.25, 0.3) is 0 Å². The van der Waals surface area contributed by atoms with E-state index in [1.165, 1.54) is 11.3 Å². The largest absolute Gasteiger partial charge is 0.514 e. The van der Waals surface area contributed by atoms with Crippen LogP contribution in [0.1, 0.15) is 41.5 Å². The third-order valence-electron chi connectivity index (χ3n) is 2.92. The fourth-order valence-electron chi connectivity index (χ4n) is 1.99. The van der Waals surface area contributed by atoms with Crippen LogP contribution in [-0.4, -0.2) is 23.5 Å². The van der Waals surface area contributed by atoms with E-state index in [4.69, 9.17) is 18.9 Å². The summed E-state index contributed by atoms with van der Waals surface area (Å²) < 4.78 is 20.9. The highest BCUT2D eigenvalue weighted by molar-refractivity contribution is 7.13. The van der Waals surface area contributed by atoms with Gasteiger partial charge in [-0.1, -0.05) is 6.07 Å². The second-order valence-corrected chi connectivity index (χ2v) is 8.72. The lowest BCUT2D eigenvalue weighted by atomic mass is 10.1. The molecule has 0 aliphatic heterocycles. The number of carbonyl (C=O) groups is 2. The van der Waals surface area contributed by atoms with Crippen molar-refractivity contribution in [3.05, 3.63) is 35.7 Å². The molecule has 146 valence electrons. The van der Waals surface area contributed by atoms with Crippen LogP contribution in [0, 0.1) is 0 Å². The predicted octanol–water partition coefficient (Wildman–Crippen LogP) is 6.04. The molecule has 2 rings (SSSR count). The summed E-state index contributed by atoms with van der Waals surface area (Å²) in [6.45, 7) is 10.4. The van der Waals surface area contributed by atoms with Crippen molar-refractivity contribution < 1.29 is 28.5 Å². The van der Waals surface area contributed by atoms with Gasteiger partial charge in [-0.25, -0.2) is 9.59 Å². The van der Waals surface area contributed by atoms with E-state index < -0.39 is 23.5 Å². The summed E-state index contributed by atoms with van der Waals surface area (Å²) in [5.74, 6) is 0.136. The molecule has 7 heteroatoms. The molecule has 2 aromatic rings. The molecule has 0 atom stereocenters. The summed E-state index contributed by atoms with van der Waals surface area (Å²) >= 11 is 1.54. The van der Waals surface area contributed by atoms with Crippen LogP contribution in [0.4, 0.5) is 9.59 Å². The number of carbonyl (C=O) groups excluding carboxylic acids is 2. The first-order chi connectivity index (χ1) is 12.4. The number of thiophene rings is 1. The van der Waals surface area contributed by atoms with E-state index in [1.54, 1.807) is 59.7 Å². The highest BCUT2D eigenvalue weighted by Gasteiger charge is 2.23. The molecular formula is C20H24O6S. The van der Waals surface area contributed by atoms with Gasteiger partial charge in [-0.15, -0.1) is 11.3 Å². The minimum absolute atomic E-state index is 0.0652. The summed E-state index contributed by atoms with van der Waals surface area (Å²) in [6, 6.07) is 8.80. The van der Waals surface area contributed by atoms with Crippen LogP contribution in [-0.2, 0) is 9.47 Å². The van der Waals surface area contributed by atoms with Gasteiger partial charge in [-0.05, 0) is 76.8 Å². The first-order valence-electron chi connectivity index (χ1n) is 8.42. The van der Waals surface area contributed by atoms with Crippen molar-refractivity contribution in [1.29, 1.82) is 0 Å². The zero-order valence-corrected chi connectivity index (χ0v) is 17.1. The molecule has 0 saturated heterocycles. The van der Waals surface area contributed by atoms with Crippen molar-refractivity contribution in [2.45, 2.75) is 52.7 Å². The van der Waals surface area contributed by atoms with Gasteiger partial charge >= 0.3 is 12.3 Å². The summed E-state index contributed by atoms with van der Waals surface area (Å²) in [7, 11) is 0. The van der Waals surface area contributed by atoms with Gasteiger partial charge in [0.1, 0.15) is 11.2 Å². The monoisotopic (exact) mass is 392 g/mol. The lowest BCUT2D eigenvalue weighted by molar-refractivity contribution is 0.0138. The molecule has 0 spiro atoms. The molecule has 0 fully saturated rings. The first kappa shape index (κ1) is 20.8. The maximum Gasteiger partial charge on any atom is 0.514 e. The molecule has 0 radical (unpaired) electrons. The Morgan fingerprint density at radius 2 is 1.37 bits per heavy atom. The Morgan fingerprint density at radius 1 is 0.815 bits per heavy atom. The Balaban J connectivity index is 2.28. The second kappa shape index (κ2) is 8.00. The lowest BCUT2D eigenvalue weighted by Gasteiger charge is -2.21. The minimum atomic E-state index is -0.889. The Kier molecular flexibility index (Phi) is 6.15. The number of rotatable bonds is 3. The topological polar surface area (TPSA) is 71.1 Å². The second-order valence-electron chi connectivity index (χ2n) is 7.77. The van der Waals surface area contributed by atoms with E-state index in [0.29, 0.717) is 0 Å².